The molecule has 3 heteroatoms. The van der Waals surface area contributed by atoms with Gasteiger partial charge >= 0.3 is 0 Å². The number of nitrogens with zero attached hydrogens (tertiary/aromatic N) is 2. The minimum absolute atomic E-state index is 0.515. The predicted molar refractivity (Wildman–Crippen MR) is 81.8 cm³/mol. The summed E-state index contributed by atoms with van der Waals surface area (Å²) >= 11 is 5.86. The number of hydrogen-bond donors (Lipinski definition) is 0. The second-order valence-corrected chi connectivity index (χ2v) is 5.16. The van der Waals surface area contributed by atoms with Gasteiger partial charge in [0.2, 0.25) is 0 Å². The van der Waals surface area contributed by atoms with E-state index in [0.717, 1.165) is 23.6 Å². The molecule has 0 amide bonds. The Morgan fingerprint density at radius 1 is 1.16 bits per heavy atom. The van der Waals surface area contributed by atoms with E-state index >= 15 is 0 Å². The summed E-state index contributed by atoms with van der Waals surface area (Å²) in [7, 11) is 2.06. The number of aromatic nitrogens is 1. The summed E-state index contributed by atoms with van der Waals surface area (Å²) in [6, 6.07) is 12.6. The van der Waals surface area contributed by atoms with Crippen LogP contribution in [-0.2, 0) is 12.4 Å². The summed E-state index contributed by atoms with van der Waals surface area (Å²) in [5.74, 6) is 1.49. The molecule has 1 aromatic heterocycles. The first kappa shape index (κ1) is 13.9. The molecule has 0 saturated heterocycles. The molecule has 1 heterocycles. The van der Waals surface area contributed by atoms with E-state index in [-0.39, 0.29) is 0 Å². The van der Waals surface area contributed by atoms with Crippen molar-refractivity contribution >= 4 is 17.4 Å². The van der Waals surface area contributed by atoms with Crippen molar-refractivity contribution in [3.05, 3.63) is 58.8 Å². The lowest BCUT2D eigenvalue weighted by molar-refractivity contribution is 0.888. The summed E-state index contributed by atoms with van der Waals surface area (Å²) in [4.78, 5) is 6.76. The maximum Gasteiger partial charge on any atom is 0.128 e. The van der Waals surface area contributed by atoms with Gasteiger partial charge in [0.1, 0.15) is 5.82 Å². The molecular weight excluding hydrogens is 256 g/mol. The highest BCUT2D eigenvalue weighted by Crippen LogP contribution is 2.17. The number of anilines is 1. The fourth-order valence-electron chi connectivity index (χ4n) is 2.10. The molecule has 0 aliphatic heterocycles. The van der Waals surface area contributed by atoms with E-state index in [9.17, 15) is 0 Å². The minimum atomic E-state index is 0.515. The molecule has 0 unspecified atom stereocenters. The van der Waals surface area contributed by atoms with Crippen molar-refractivity contribution in [3.8, 4) is 0 Å². The molecule has 0 bridgehead atoms. The van der Waals surface area contributed by atoms with Gasteiger partial charge in [0.25, 0.3) is 0 Å². The van der Waals surface area contributed by atoms with Crippen LogP contribution in [0.25, 0.3) is 0 Å². The number of alkyl halides is 1. The van der Waals surface area contributed by atoms with Crippen LogP contribution < -0.4 is 4.90 Å². The van der Waals surface area contributed by atoms with Gasteiger partial charge in [-0.05, 0) is 31.0 Å². The molecule has 0 saturated carbocycles. The lowest BCUT2D eigenvalue weighted by Crippen LogP contribution is -2.18. The zero-order chi connectivity index (χ0) is 13.8. The van der Waals surface area contributed by atoms with Crippen LogP contribution in [-0.4, -0.2) is 12.0 Å². The lowest BCUT2D eigenvalue weighted by Gasteiger charge is -2.19. The third-order valence-electron chi connectivity index (χ3n) is 3.22. The highest BCUT2D eigenvalue weighted by Gasteiger charge is 2.06. The average molecular weight is 275 g/mol. The predicted octanol–water partition coefficient (Wildman–Crippen LogP) is 4.07. The summed E-state index contributed by atoms with van der Waals surface area (Å²) in [6.07, 6.45) is 0. The Bertz CT molecular complexity index is 566. The third kappa shape index (κ3) is 3.48. The molecule has 0 radical (unpaired) electrons. The Hall–Kier alpha value is -1.54. The first-order valence-corrected chi connectivity index (χ1v) is 6.93. The second-order valence-electron chi connectivity index (χ2n) is 4.89. The van der Waals surface area contributed by atoms with Gasteiger partial charge < -0.3 is 4.90 Å². The fraction of sp³-hybridized carbons (Fsp3) is 0.312. The monoisotopic (exact) mass is 274 g/mol. The van der Waals surface area contributed by atoms with Gasteiger partial charge in [-0.25, -0.2) is 4.98 Å². The largest absolute Gasteiger partial charge is 0.355 e. The van der Waals surface area contributed by atoms with Crippen molar-refractivity contribution < 1.29 is 0 Å². The Morgan fingerprint density at radius 2 is 1.95 bits per heavy atom. The Balaban J connectivity index is 2.15. The maximum atomic E-state index is 5.86. The van der Waals surface area contributed by atoms with Crippen LogP contribution >= 0.6 is 11.6 Å². The van der Waals surface area contributed by atoms with Crippen LogP contribution in [0.5, 0.6) is 0 Å². The van der Waals surface area contributed by atoms with E-state index in [4.69, 9.17) is 11.6 Å². The fourth-order valence-corrected chi connectivity index (χ4v) is 2.38. The molecule has 0 N–H and O–H groups in total. The SMILES string of the molecule is Cc1cccc(CN(C)c2ccc(CCl)c(C)n2)c1. The number of aryl methyl sites for hydroxylation is 2. The van der Waals surface area contributed by atoms with Gasteiger partial charge in [0.05, 0.1) is 0 Å². The zero-order valence-electron chi connectivity index (χ0n) is 11.7. The van der Waals surface area contributed by atoms with Crippen molar-refractivity contribution in [2.75, 3.05) is 11.9 Å². The van der Waals surface area contributed by atoms with Crippen LogP contribution in [0.1, 0.15) is 22.4 Å². The van der Waals surface area contributed by atoms with Gasteiger partial charge in [0.15, 0.2) is 0 Å². The van der Waals surface area contributed by atoms with Crippen LogP contribution in [0.15, 0.2) is 36.4 Å². The quantitative estimate of drug-likeness (QED) is 0.781. The Morgan fingerprint density at radius 3 is 2.58 bits per heavy atom. The molecule has 2 aromatic rings. The summed E-state index contributed by atoms with van der Waals surface area (Å²) in [5.41, 5.74) is 4.67. The highest BCUT2D eigenvalue weighted by molar-refractivity contribution is 6.17. The molecule has 0 atom stereocenters. The molecule has 100 valence electrons. The van der Waals surface area contributed by atoms with E-state index in [1.165, 1.54) is 11.1 Å². The zero-order valence-corrected chi connectivity index (χ0v) is 12.4. The number of benzene rings is 1. The van der Waals surface area contributed by atoms with E-state index in [1.807, 2.05) is 13.0 Å². The van der Waals surface area contributed by atoms with E-state index in [1.54, 1.807) is 0 Å². The van der Waals surface area contributed by atoms with Crippen molar-refractivity contribution in [3.63, 3.8) is 0 Å². The van der Waals surface area contributed by atoms with Gasteiger partial charge in [-0.3, -0.25) is 0 Å². The molecule has 2 rings (SSSR count). The molecule has 19 heavy (non-hydrogen) atoms. The molecule has 0 aliphatic carbocycles. The molecule has 2 nitrogen and oxygen atoms in total. The van der Waals surface area contributed by atoms with Gasteiger partial charge in [-0.2, -0.15) is 0 Å². The van der Waals surface area contributed by atoms with Crippen molar-refractivity contribution in [2.45, 2.75) is 26.3 Å². The molecule has 0 spiro atoms. The first-order chi connectivity index (χ1) is 9.10. The van der Waals surface area contributed by atoms with Crippen LogP contribution in [0.4, 0.5) is 5.82 Å². The van der Waals surface area contributed by atoms with Crippen LogP contribution in [0, 0.1) is 13.8 Å². The van der Waals surface area contributed by atoms with Crippen LogP contribution in [0.3, 0.4) is 0 Å². The Labute approximate surface area is 120 Å². The number of pyridine rings is 1. The van der Waals surface area contributed by atoms with E-state index in [0.29, 0.717) is 5.88 Å². The minimum Gasteiger partial charge on any atom is -0.355 e. The molecular formula is C16H19ClN2. The van der Waals surface area contributed by atoms with Gasteiger partial charge in [0, 0.05) is 25.2 Å². The van der Waals surface area contributed by atoms with Gasteiger partial charge in [-0.15, -0.1) is 11.6 Å². The standard InChI is InChI=1S/C16H19ClN2/c1-12-5-4-6-14(9-12)11-19(3)16-8-7-15(10-17)13(2)18-16/h4-9H,10-11H2,1-3H3. The molecule has 1 aromatic carbocycles. The number of rotatable bonds is 4. The lowest BCUT2D eigenvalue weighted by atomic mass is 10.1. The maximum absolute atomic E-state index is 5.86. The van der Waals surface area contributed by atoms with Crippen LogP contribution in [0.2, 0.25) is 0 Å². The average Bonchev–Trinajstić information content (AvgIpc) is 2.38. The van der Waals surface area contributed by atoms with Crippen molar-refractivity contribution in [2.24, 2.45) is 0 Å². The second kappa shape index (κ2) is 6.07. The smallest absolute Gasteiger partial charge is 0.128 e. The van der Waals surface area contributed by atoms with Crippen molar-refractivity contribution in [1.82, 2.24) is 4.98 Å². The Kier molecular flexibility index (Phi) is 4.43. The normalized spacial score (nSPS) is 10.5. The number of halogens is 1. The first-order valence-electron chi connectivity index (χ1n) is 6.39. The van der Waals surface area contributed by atoms with Crippen molar-refractivity contribution in [1.29, 1.82) is 0 Å². The van der Waals surface area contributed by atoms with Gasteiger partial charge in [-0.1, -0.05) is 35.9 Å². The topological polar surface area (TPSA) is 16.1 Å². The summed E-state index contributed by atoms with van der Waals surface area (Å²) in [5, 5.41) is 0. The summed E-state index contributed by atoms with van der Waals surface area (Å²) < 4.78 is 0. The highest BCUT2D eigenvalue weighted by atomic mass is 35.5. The van der Waals surface area contributed by atoms with E-state index in [2.05, 4.69) is 54.2 Å². The van der Waals surface area contributed by atoms with E-state index < -0.39 is 0 Å². The molecule has 0 aliphatic rings. The summed E-state index contributed by atoms with van der Waals surface area (Å²) in [6.45, 7) is 4.97. The molecule has 0 fully saturated rings. The number of hydrogen-bond acceptors (Lipinski definition) is 2. The third-order valence-corrected chi connectivity index (χ3v) is 3.51.